The van der Waals surface area contributed by atoms with Gasteiger partial charge in [0.15, 0.2) is 0 Å². The van der Waals surface area contributed by atoms with E-state index in [1.54, 1.807) is 9.80 Å². The second-order valence-corrected chi connectivity index (χ2v) is 3.39. The van der Waals surface area contributed by atoms with Crippen LogP contribution in [0.2, 0.25) is 0 Å². The van der Waals surface area contributed by atoms with E-state index in [0.717, 1.165) is 19.5 Å². The number of nitrogens with zero attached hydrogens (tertiary/aromatic N) is 2. The molecule has 2 amide bonds. The summed E-state index contributed by atoms with van der Waals surface area (Å²) in [6.45, 7) is 4.87. The molecular formula is C9H18N2O2. The number of ketones is 1. The van der Waals surface area contributed by atoms with Crippen molar-refractivity contribution in [2.75, 3.05) is 27.2 Å². The minimum Gasteiger partial charge on any atom is -0.328 e. The lowest BCUT2D eigenvalue weighted by Crippen LogP contribution is -2.44. The number of hydrogen-bond acceptors (Lipinski definition) is 2. The highest BCUT2D eigenvalue weighted by Crippen LogP contribution is 2.02. The van der Waals surface area contributed by atoms with Crippen molar-refractivity contribution in [2.45, 2.75) is 20.3 Å². The van der Waals surface area contributed by atoms with Crippen molar-refractivity contribution in [1.82, 2.24) is 9.80 Å². The lowest BCUT2D eigenvalue weighted by molar-refractivity contribution is -0.114. The number of Topliss-reactive ketones (excluding diaryl/α,β-unsaturated/α-hetero) is 1. The summed E-state index contributed by atoms with van der Waals surface area (Å²) in [5.41, 5.74) is 0. The molecule has 0 atom stereocenters. The summed E-state index contributed by atoms with van der Waals surface area (Å²) in [4.78, 5) is 23.9. The average molecular weight is 186 g/mol. The lowest BCUT2D eigenvalue weighted by Gasteiger charge is -2.30. The Labute approximate surface area is 79.5 Å². The Hall–Kier alpha value is -1.06. The van der Waals surface area contributed by atoms with Gasteiger partial charge in [-0.3, -0.25) is 0 Å². The number of hydrogen-bond donors (Lipinski definition) is 0. The summed E-state index contributed by atoms with van der Waals surface area (Å²) >= 11 is 0. The smallest absolute Gasteiger partial charge is 0.319 e. The van der Waals surface area contributed by atoms with Crippen LogP contribution in [0.3, 0.4) is 0 Å². The van der Waals surface area contributed by atoms with E-state index in [0.29, 0.717) is 0 Å². The van der Waals surface area contributed by atoms with Gasteiger partial charge in [-0.2, -0.15) is 0 Å². The van der Waals surface area contributed by atoms with Gasteiger partial charge in [0, 0.05) is 27.2 Å². The predicted octanol–water partition coefficient (Wildman–Crippen LogP) is 0.969. The molecule has 1 heterocycles. The number of carbonyl (C=O) groups is 2. The van der Waals surface area contributed by atoms with Crippen molar-refractivity contribution >= 4 is 11.8 Å². The average Bonchev–Trinajstić information content (AvgIpc) is 1.99. The molecule has 4 heteroatoms. The van der Waals surface area contributed by atoms with Crippen molar-refractivity contribution in [2.24, 2.45) is 0 Å². The van der Waals surface area contributed by atoms with Crippen molar-refractivity contribution in [3.05, 3.63) is 0 Å². The number of amides is 2. The molecule has 1 aliphatic heterocycles. The van der Waals surface area contributed by atoms with Gasteiger partial charge in [0.2, 0.25) is 0 Å². The van der Waals surface area contributed by atoms with E-state index in [4.69, 9.17) is 0 Å². The normalized spacial score (nSPS) is 16.5. The third kappa shape index (κ3) is 5.22. The molecule has 1 fully saturated rings. The maximum absolute atomic E-state index is 11.0. The summed E-state index contributed by atoms with van der Waals surface area (Å²) in [6, 6.07) is 0.140. The van der Waals surface area contributed by atoms with E-state index in [2.05, 4.69) is 0 Å². The molecule has 0 aromatic carbocycles. The number of carbonyl (C=O) groups excluding carboxylic acids is 2. The topological polar surface area (TPSA) is 40.6 Å². The van der Waals surface area contributed by atoms with Crippen molar-refractivity contribution in [3.63, 3.8) is 0 Å². The molecule has 0 saturated carbocycles. The Morgan fingerprint density at radius 3 is 1.69 bits per heavy atom. The molecule has 0 bridgehead atoms. The SMILES string of the molecule is CC(C)=O.CN1CCCN(C)C1=O. The summed E-state index contributed by atoms with van der Waals surface area (Å²) < 4.78 is 0. The van der Waals surface area contributed by atoms with Gasteiger partial charge in [0.25, 0.3) is 0 Å². The highest BCUT2D eigenvalue weighted by Gasteiger charge is 2.17. The third-order valence-electron chi connectivity index (χ3n) is 1.64. The molecule has 13 heavy (non-hydrogen) atoms. The zero-order chi connectivity index (χ0) is 10.4. The van der Waals surface area contributed by atoms with Crippen LogP contribution in [0.25, 0.3) is 0 Å². The second kappa shape index (κ2) is 5.56. The largest absolute Gasteiger partial charge is 0.328 e. The molecule has 0 radical (unpaired) electrons. The molecule has 4 nitrogen and oxygen atoms in total. The van der Waals surface area contributed by atoms with Gasteiger partial charge in [-0.1, -0.05) is 0 Å². The Kier molecular flexibility index (Phi) is 5.11. The van der Waals surface area contributed by atoms with E-state index in [1.165, 1.54) is 13.8 Å². The van der Waals surface area contributed by atoms with Crippen molar-refractivity contribution in [1.29, 1.82) is 0 Å². The Morgan fingerprint density at radius 1 is 1.15 bits per heavy atom. The molecule has 1 saturated heterocycles. The number of urea groups is 1. The van der Waals surface area contributed by atoms with Gasteiger partial charge < -0.3 is 14.6 Å². The van der Waals surface area contributed by atoms with Crippen LogP contribution in [0.4, 0.5) is 4.79 Å². The maximum atomic E-state index is 11.0. The maximum Gasteiger partial charge on any atom is 0.319 e. The molecule has 0 aromatic rings. The van der Waals surface area contributed by atoms with Crippen LogP contribution in [0.5, 0.6) is 0 Å². The van der Waals surface area contributed by atoms with E-state index < -0.39 is 0 Å². The molecule has 0 unspecified atom stereocenters. The lowest BCUT2D eigenvalue weighted by atomic mass is 10.3. The van der Waals surface area contributed by atoms with Gasteiger partial charge in [0.1, 0.15) is 5.78 Å². The predicted molar refractivity (Wildman–Crippen MR) is 51.6 cm³/mol. The van der Waals surface area contributed by atoms with Crippen LogP contribution in [0, 0.1) is 0 Å². The fourth-order valence-corrected chi connectivity index (χ4v) is 1.03. The van der Waals surface area contributed by atoms with Crippen molar-refractivity contribution < 1.29 is 9.59 Å². The quantitative estimate of drug-likeness (QED) is 0.565. The Bertz CT molecular complexity index is 176. The summed E-state index contributed by atoms with van der Waals surface area (Å²) in [6.07, 6.45) is 1.10. The van der Waals surface area contributed by atoms with Gasteiger partial charge in [-0.15, -0.1) is 0 Å². The molecule has 1 rings (SSSR count). The molecular weight excluding hydrogens is 168 g/mol. The summed E-state index contributed by atoms with van der Waals surface area (Å²) in [7, 11) is 3.66. The van der Waals surface area contributed by atoms with Crippen LogP contribution >= 0.6 is 0 Å². The Morgan fingerprint density at radius 2 is 1.46 bits per heavy atom. The molecule has 0 N–H and O–H groups in total. The molecule has 1 aliphatic rings. The molecule has 0 aromatic heterocycles. The molecule has 76 valence electrons. The monoisotopic (exact) mass is 186 g/mol. The molecule has 0 spiro atoms. The van der Waals surface area contributed by atoms with Crippen molar-refractivity contribution in [3.8, 4) is 0 Å². The molecule has 0 aliphatic carbocycles. The second-order valence-electron chi connectivity index (χ2n) is 3.39. The summed E-state index contributed by atoms with van der Waals surface area (Å²) in [5.74, 6) is 0.167. The van der Waals surface area contributed by atoms with Crippen LogP contribution in [-0.2, 0) is 4.79 Å². The van der Waals surface area contributed by atoms with E-state index in [-0.39, 0.29) is 11.8 Å². The minimum atomic E-state index is 0.140. The van der Waals surface area contributed by atoms with Gasteiger partial charge >= 0.3 is 6.03 Å². The summed E-state index contributed by atoms with van der Waals surface area (Å²) in [5, 5.41) is 0. The van der Waals surface area contributed by atoms with Gasteiger partial charge in [0.05, 0.1) is 0 Å². The van der Waals surface area contributed by atoms with Crippen LogP contribution in [0.15, 0.2) is 0 Å². The first-order chi connectivity index (χ1) is 5.95. The van der Waals surface area contributed by atoms with Crippen LogP contribution in [-0.4, -0.2) is 48.8 Å². The highest BCUT2D eigenvalue weighted by molar-refractivity contribution is 5.74. The first-order valence-corrected chi connectivity index (χ1v) is 4.38. The van der Waals surface area contributed by atoms with E-state index >= 15 is 0 Å². The fourth-order valence-electron chi connectivity index (χ4n) is 1.03. The Balaban J connectivity index is 0.000000310. The first-order valence-electron chi connectivity index (χ1n) is 4.38. The zero-order valence-corrected chi connectivity index (χ0v) is 8.83. The standard InChI is InChI=1S/C6H12N2O.C3H6O/c1-7-4-3-5-8(2)6(7)9;1-3(2)4/h3-5H2,1-2H3;1-2H3. The van der Waals surface area contributed by atoms with Gasteiger partial charge in [-0.05, 0) is 20.3 Å². The third-order valence-corrected chi connectivity index (χ3v) is 1.64. The fraction of sp³-hybridized carbons (Fsp3) is 0.778. The van der Waals surface area contributed by atoms with E-state index in [9.17, 15) is 9.59 Å². The van der Waals surface area contributed by atoms with E-state index in [1.807, 2.05) is 14.1 Å². The minimum absolute atomic E-state index is 0.140. The highest BCUT2D eigenvalue weighted by atomic mass is 16.2. The number of rotatable bonds is 0. The first kappa shape index (κ1) is 11.9. The van der Waals surface area contributed by atoms with Gasteiger partial charge in [-0.25, -0.2) is 4.79 Å². The van der Waals surface area contributed by atoms with Crippen LogP contribution < -0.4 is 0 Å². The van der Waals surface area contributed by atoms with Crippen LogP contribution in [0.1, 0.15) is 20.3 Å². The zero-order valence-electron chi connectivity index (χ0n) is 8.83.